The second kappa shape index (κ2) is 5.92. The SMILES string of the molecule is Cl[Si](Cl)(Cl)Cl.FC(F)F. The monoisotopic (exact) mass is 238 g/mol. The highest BCUT2D eigenvalue weighted by molar-refractivity contribution is 7.81. The van der Waals surface area contributed by atoms with Gasteiger partial charge in [-0.25, -0.2) is 0 Å². The van der Waals surface area contributed by atoms with Gasteiger partial charge in [0.15, 0.2) is 0 Å². The molecule has 0 aliphatic carbocycles. The maximum absolute atomic E-state index is 9.67. The van der Waals surface area contributed by atoms with Crippen LogP contribution in [-0.2, 0) is 0 Å². The van der Waals surface area contributed by atoms with E-state index in [1.165, 1.54) is 0 Å². The standard InChI is InChI=1S/CHF3.Cl4Si/c2-1(3)4;1-5(2,3)4/h1H;. The van der Waals surface area contributed by atoms with Crippen molar-refractivity contribution in [1.82, 2.24) is 0 Å². The minimum Gasteiger partial charge on any atom is -0.174 e. The lowest BCUT2D eigenvalue weighted by Crippen LogP contribution is -1.91. The molecule has 8 heteroatoms. The molecule has 0 unspecified atom stereocenters. The van der Waals surface area contributed by atoms with Gasteiger partial charge in [0.05, 0.1) is 0 Å². The van der Waals surface area contributed by atoms with Gasteiger partial charge < -0.3 is 0 Å². The van der Waals surface area contributed by atoms with Crippen molar-refractivity contribution in [2.45, 2.75) is 6.68 Å². The quantitative estimate of drug-likeness (QED) is 0.448. The smallest absolute Gasteiger partial charge is 0.174 e. The van der Waals surface area contributed by atoms with E-state index in [2.05, 4.69) is 0 Å². The van der Waals surface area contributed by atoms with Gasteiger partial charge in [-0.1, -0.05) is 0 Å². The minimum absolute atomic E-state index is 2.72. The first kappa shape index (κ1) is 12.8. The second-order valence-corrected chi connectivity index (χ2v) is 11.8. The third-order valence-corrected chi connectivity index (χ3v) is 0. The van der Waals surface area contributed by atoms with Crippen LogP contribution in [0.4, 0.5) is 13.2 Å². The van der Waals surface area contributed by atoms with Crippen molar-refractivity contribution in [3.05, 3.63) is 0 Å². The Kier molecular flexibility index (Phi) is 8.42. The number of alkyl halides is 3. The zero-order valence-electron chi connectivity index (χ0n) is 3.72. The van der Waals surface area contributed by atoms with Crippen LogP contribution in [0.5, 0.6) is 0 Å². The van der Waals surface area contributed by atoms with E-state index in [0.717, 1.165) is 0 Å². The first-order chi connectivity index (χ1) is 3.73. The molecule has 0 heterocycles. The molecule has 0 nitrogen and oxygen atoms in total. The molecule has 0 fully saturated rings. The molecule has 0 atom stereocenters. The fraction of sp³-hybridized carbons (Fsp3) is 1.00. The molecular weight excluding hydrogens is 239 g/mol. The maximum atomic E-state index is 9.67. The predicted octanol–water partition coefficient (Wildman–Crippen LogP) is 3.56. The lowest BCUT2D eigenvalue weighted by Gasteiger charge is -1.85. The number of rotatable bonds is 0. The van der Waals surface area contributed by atoms with Crippen molar-refractivity contribution in [1.29, 1.82) is 0 Å². The average molecular weight is 240 g/mol. The Labute approximate surface area is 69.7 Å². The molecular formula is CHCl4F3Si. The van der Waals surface area contributed by atoms with Crippen LogP contribution in [0, 0.1) is 0 Å². The van der Waals surface area contributed by atoms with Gasteiger partial charge in [-0.15, -0.1) is 44.3 Å². The third kappa shape index (κ3) is 346. The first-order valence-electron chi connectivity index (χ1n) is 1.41. The highest BCUT2D eigenvalue weighted by atomic mass is 36.0. The molecule has 0 bridgehead atoms. The highest BCUT2D eigenvalue weighted by Crippen LogP contribution is 2.23. The Morgan fingerprint density at radius 1 is 0.889 bits per heavy atom. The minimum atomic E-state index is -3.67. The second-order valence-electron chi connectivity index (χ2n) is 0.676. The number of hydrogen-bond donors (Lipinski definition) is 0. The van der Waals surface area contributed by atoms with Gasteiger partial charge in [0.25, 0.3) is 0 Å². The lowest BCUT2D eigenvalue weighted by molar-refractivity contribution is 0.00819. The van der Waals surface area contributed by atoms with E-state index in [0.29, 0.717) is 0 Å². The van der Waals surface area contributed by atoms with Crippen molar-refractivity contribution in [3.63, 3.8) is 0 Å². The molecule has 0 rings (SSSR count). The molecule has 58 valence electrons. The van der Waals surface area contributed by atoms with Gasteiger partial charge in [0, 0.05) is 0 Å². The van der Waals surface area contributed by atoms with Crippen LogP contribution in [0.3, 0.4) is 0 Å². The topological polar surface area (TPSA) is 0 Å². The van der Waals surface area contributed by atoms with Crippen molar-refractivity contribution < 1.29 is 13.2 Å². The molecule has 0 saturated carbocycles. The zero-order chi connectivity index (χ0) is 8.08. The first-order valence-corrected chi connectivity index (χ1v) is 7.46. The lowest BCUT2D eigenvalue weighted by atomic mass is 11.6. The van der Waals surface area contributed by atoms with Crippen LogP contribution in [0.1, 0.15) is 0 Å². The highest BCUT2D eigenvalue weighted by Gasteiger charge is 2.19. The molecule has 0 aliphatic rings. The molecule has 0 aliphatic heterocycles. The maximum Gasteiger partial charge on any atom is 0.440 e. The Morgan fingerprint density at radius 2 is 0.889 bits per heavy atom. The Hall–Kier alpha value is 1.17. The molecule has 0 radical (unpaired) electrons. The van der Waals surface area contributed by atoms with Crippen molar-refractivity contribution in [3.8, 4) is 0 Å². The largest absolute Gasteiger partial charge is 0.440 e. The normalized spacial score (nSPS) is 10.7. The summed E-state index contributed by atoms with van der Waals surface area (Å²) in [6, 6.07) is 0. The van der Waals surface area contributed by atoms with E-state index < -0.39 is 12.0 Å². The fourth-order valence-electron chi connectivity index (χ4n) is 0. The molecule has 0 N–H and O–H groups in total. The van der Waals surface area contributed by atoms with Crippen molar-refractivity contribution in [2.24, 2.45) is 0 Å². The van der Waals surface area contributed by atoms with Gasteiger partial charge in [0.2, 0.25) is 0 Å². The Bertz CT molecular complexity index is 52.6. The Morgan fingerprint density at radius 3 is 0.889 bits per heavy atom. The molecule has 0 amide bonds. The number of halogens is 7. The molecule has 0 aromatic rings. The summed E-state index contributed by atoms with van der Waals surface area (Å²) < 4.78 is 29.0. The van der Waals surface area contributed by atoms with Gasteiger partial charge in [-0.2, -0.15) is 13.2 Å². The van der Waals surface area contributed by atoms with E-state index in [1.54, 1.807) is 0 Å². The summed E-state index contributed by atoms with van der Waals surface area (Å²) in [5, 5.41) is -2.72. The molecule has 0 saturated heterocycles. The van der Waals surface area contributed by atoms with Crippen LogP contribution >= 0.6 is 44.3 Å². The third-order valence-electron chi connectivity index (χ3n) is 0. The molecule has 9 heavy (non-hydrogen) atoms. The van der Waals surface area contributed by atoms with Crippen molar-refractivity contribution in [2.75, 3.05) is 0 Å². The fourth-order valence-corrected chi connectivity index (χ4v) is 0. The summed E-state index contributed by atoms with van der Waals surface area (Å²) in [7, 11) is 0. The molecule has 0 spiro atoms. The average Bonchev–Trinajstić information content (AvgIpc) is 1.19. The zero-order valence-corrected chi connectivity index (χ0v) is 7.75. The van der Waals surface area contributed by atoms with Gasteiger partial charge in [0.1, 0.15) is 0 Å². The summed E-state index contributed by atoms with van der Waals surface area (Å²) in [6.07, 6.45) is 0. The van der Waals surface area contributed by atoms with Crippen LogP contribution in [0.25, 0.3) is 0 Å². The van der Waals surface area contributed by atoms with Gasteiger partial charge >= 0.3 is 12.0 Å². The van der Waals surface area contributed by atoms with E-state index in [1.807, 2.05) is 0 Å². The predicted molar refractivity (Wildman–Crippen MR) is 36.3 cm³/mol. The number of hydrogen-bond acceptors (Lipinski definition) is 0. The van der Waals surface area contributed by atoms with Crippen LogP contribution in [-0.4, -0.2) is 12.0 Å². The van der Waals surface area contributed by atoms with Gasteiger partial charge in [-0.3, -0.25) is 0 Å². The van der Waals surface area contributed by atoms with Crippen LogP contribution in [0.15, 0.2) is 0 Å². The summed E-state index contributed by atoms with van der Waals surface area (Å²) in [5.41, 5.74) is 0. The molecule has 0 aromatic carbocycles. The van der Waals surface area contributed by atoms with E-state index >= 15 is 0 Å². The van der Waals surface area contributed by atoms with E-state index in [4.69, 9.17) is 44.3 Å². The summed E-state index contributed by atoms with van der Waals surface area (Å²) >= 11 is 19.9. The summed E-state index contributed by atoms with van der Waals surface area (Å²) in [4.78, 5) is 0. The van der Waals surface area contributed by atoms with E-state index in [-0.39, 0.29) is 0 Å². The molecule has 0 aromatic heterocycles. The Balaban J connectivity index is 0. The summed E-state index contributed by atoms with van der Waals surface area (Å²) in [6.45, 7) is -3.67. The van der Waals surface area contributed by atoms with Crippen LogP contribution in [0.2, 0.25) is 0 Å². The van der Waals surface area contributed by atoms with E-state index in [9.17, 15) is 13.2 Å². The van der Waals surface area contributed by atoms with Crippen molar-refractivity contribution >= 4 is 49.6 Å². The van der Waals surface area contributed by atoms with Gasteiger partial charge in [-0.05, 0) is 0 Å². The van der Waals surface area contributed by atoms with Crippen LogP contribution < -0.4 is 0 Å². The summed E-state index contributed by atoms with van der Waals surface area (Å²) in [5.74, 6) is 0.